The molecule has 0 radical (unpaired) electrons. The average molecular weight is 362 g/mol. The van der Waals surface area contributed by atoms with Gasteiger partial charge in [0.15, 0.2) is 0 Å². The number of benzene rings is 1. The molecule has 1 N–H and O–H groups in total. The van der Waals surface area contributed by atoms with Crippen molar-refractivity contribution in [1.29, 1.82) is 0 Å². The number of hydrogen-bond acceptors (Lipinski definition) is 4. The van der Waals surface area contributed by atoms with Gasteiger partial charge in [0.1, 0.15) is 0 Å². The molecule has 134 valence electrons. The number of halogens is 1. The molecule has 0 bridgehead atoms. The number of rotatable bonds is 6. The lowest BCUT2D eigenvalue weighted by Gasteiger charge is -2.29. The van der Waals surface area contributed by atoms with Crippen LogP contribution in [-0.2, 0) is 11.2 Å². The van der Waals surface area contributed by atoms with Gasteiger partial charge in [0.25, 0.3) is 0 Å². The monoisotopic (exact) mass is 361 g/mol. The molecule has 2 unspecified atom stereocenters. The summed E-state index contributed by atoms with van der Waals surface area (Å²) in [5, 5.41) is 7.83. The molecule has 5 nitrogen and oxygen atoms in total. The van der Waals surface area contributed by atoms with Gasteiger partial charge in [0, 0.05) is 29.5 Å². The molecule has 6 heteroatoms. The fourth-order valence-electron chi connectivity index (χ4n) is 3.28. The summed E-state index contributed by atoms with van der Waals surface area (Å²) in [6.45, 7) is 2.22. The highest BCUT2D eigenvalue weighted by Gasteiger charge is 2.22. The molecule has 0 saturated heterocycles. The predicted molar refractivity (Wildman–Crippen MR) is 97.2 cm³/mol. The largest absolute Gasteiger partial charge is 0.353 e. The minimum absolute atomic E-state index is 0.121. The zero-order chi connectivity index (χ0) is 17.6. The molecule has 2 atom stereocenters. The third-order valence-corrected chi connectivity index (χ3v) is 5.07. The van der Waals surface area contributed by atoms with Crippen molar-refractivity contribution in [3.05, 3.63) is 35.2 Å². The molecule has 1 amide bonds. The number of carbonyl (C=O) groups excluding carboxylic acids is 1. The Kier molecular flexibility index (Phi) is 6.08. The van der Waals surface area contributed by atoms with Crippen molar-refractivity contribution in [2.24, 2.45) is 5.92 Å². The number of amides is 1. The summed E-state index contributed by atoms with van der Waals surface area (Å²) in [6.07, 6.45) is 6.60. The second-order valence-corrected chi connectivity index (χ2v) is 7.24. The first-order chi connectivity index (χ1) is 12.1. The zero-order valence-corrected chi connectivity index (χ0v) is 15.3. The normalized spacial score (nSPS) is 20.4. The van der Waals surface area contributed by atoms with Crippen LogP contribution >= 0.6 is 11.6 Å². The lowest BCUT2D eigenvalue weighted by atomic mass is 9.86. The number of nitrogens with one attached hydrogen (secondary N) is 1. The molecule has 0 spiro atoms. The number of nitrogens with zero attached hydrogens (tertiary/aromatic N) is 2. The van der Waals surface area contributed by atoms with E-state index in [4.69, 9.17) is 16.1 Å². The molecule has 3 rings (SSSR count). The van der Waals surface area contributed by atoms with Gasteiger partial charge in [-0.1, -0.05) is 36.5 Å². The summed E-state index contributed by atoms with van der Waals surface area (Å²) >= 11 is 5.88. The molecule has 1 aromatic heterocycles. The smallest absolute Gasteiger partial charge is 0.226 e. The summed E-state index contributed by atoms with van der Waals surface area (Å²) in [5.41, 5.74) is 0.864. The number of hydrogen-bond donors (Lipinski definition) is 1. The van der Waals surface area contributed by atoms with Gasteiger partial charge in [0.05, 0.1) is 0 Å². The number of aryl methyl sites for hydroxylation is 1. The molecular formula is C19H24ClN3O2. The summed E-state index contributed by atoms with van der Waals surface area (Å²) in [7, 11) is 0. The van der Waals surface area contributed by atoms with E-state index in [-0.39, 0.29) is 5.91 Å². The van der Waals surface area contributed by atoms with Crippen molar-refractivity contribution in [1.82, 2.24) is 15.5 Å². The lowest BCUT2D eigenvalue weighted by Crippen LogP contribution is -2.40. The Balaban J connectivity index is 1.44. The summed E-state index contributed by atoms with van der Waals surface area (Å²) in [5.74, 6) is 1.81. The van der Waals surface area contributed by atoms with E-state index in [1.54, 1.807) is 12.1 Å². The topological polar surface area (TPSA) is 68.0 Å². The van der Waals surface area contributed by atoms with Gasteiger partial charge in [-0.05, 0) is 49.4 Å². The van der Waals surface area contributed by atoms with Gasteiger partial charge in [-0.25, -0.2) is 0 Å². The minimum Gasteiger partial charge on any atom is -0.353 e. The quantitative estimate of drug-likeness (QED) is 0.827. The maximum atomic E-state index is 12.1. The Labute approximate surface area is 153 Å². The molecule has 1 aromatic carbocycles. The molecule has 2 aromatic rings. The van der Waals surface area contributed by atoms with E-state index in [9.17, 15) is 4.79 Å². The van der Waals surface area contributed by atoms with E-state index in [1.165, 1.54) is 19.3 Å². The van der Waals surface area contributed by atoms with Gasteiger partial charge in [-0.2, -0.15) is 4.98 Å². The van der Waals surface area contributed by atoms with Gasteiger partial charge in [-0.3, -0.25) is 4.79 Å². The highest BCUT2D eigenvalue weighted by atomic mass is 35.5. The third kappa shape index (κ3) is 5.05. The van der Waals surface area contributed by atoms with Gasteiger partial charge in [0.2, 0.25) is 17.6 Å². The second kappa shape index (κ2) is 8.48. The van der Waals surface area contributed by atoms with Crippen LogP contribution in [0.4, 0.5) is 0 Å². The Morgan fingerprint density at radius 2 is 2.04 bits per heavy atom. The van der Waals surface area contributed by atoms with Crippen LogP contribution in [0.2, 0.25) is 5.02 Å². The third-order valence-electron chi connectivity index (χ3n) is 4.82. The van der Waals surface area contributed by atoms with Crippen LogP contribution in [-0.4, -0.2) is 22.1 Å². The Morgan fingerprint density at radius 1 is 1.28 bits per heavy atom. The van der Waals surface area contributed by atoms with E-state index in [1.807, 2.05) is 12.1 Å². The standard InChI is InChI=1S/C19H24ClN3O2/c1-13-5-2-3-6-16(13)21-17(24)7-4-8-18-22-19(23-25-18)14-9-11-15(20)12-10-14/h9-13,16H,2-8H2,1H3,(H,21,24). The predicted octanol–water partition coefficient (Wildman–Crippen LogP) is 4.41. The Bertz CT molecular complexity index is 699. The Morgan fingerprint density at radius 3 is 2.80 bits per heavy atom. The summed E-state index contributed by atoms with van der Waals surface area (Å²) in [4.78, 5) is 16.5. The van der Waals surface area contributed by atoms with Crippen molar-refractivity contribution in [2.45, 2.75) is 57.9 Å². The highest BCUT2D eigenvalue weighted by Crippen LogP contribution is 2.24. The van der Waals surface area contributed by atoms with E-state index in [0.717, 1.165) is 12.0 Å². The second-order valence-electron chi connectivity index (χ2n) is 6.81. The zero-order valence-electron chi connectivity index (χ0n) is 14.5. The van der Waals surface area contributed by atoms with Crippen molar-refractivity contribution in [2.75, 3.05) is 0 Å². The van der Waals surface area contributed by atoms with Crippen LogP contribution in [0.5, 0.6) is 0 Å². The van der Waals surface area contributed by atoms with Crippen LogP contribution in [0.25, 0.3) is 11.4 Å². The van der Waals surface area contributed by atoms with E-state index < -0.39 is 0 Å². The molecule has 25 heavy (non-hydrogen) atoms. The van der Waals surface area contributed by atoms with Gasteiger partial charge in [-0.15, -0.1) is 0 Å². The maximum Gasteiger partial charge on any atom is 0.226 e. The molecule has 0 aliphatic heterocycles. The van der Waals surface area contributed by atoms with Crippen molar-refractivity contribution < 1.29 is 9.32 Å². The first-order valence-corrected chi connectivity index (χ1v) is 9.37. The highest BCUT2D eigenvalue weighted by molar-refractivity contribution is 6.30. The molecule has 1 heterocycles. The van der Waals surface area contributed by atoms with Crippen molar-refractivity contribution in [3.8, 4) is 11.4 Å². The SMILES string of the molecule is CC1CCCCC1NC(=O)CCCc1nc(-c2ccc(Cl)cc2)no1. The van der Waals surface area contributed by atoms with Gasteiger partial charge >= 0.3 is 0 Å². The van der Waals surface area contributed by atoms with Crippen molar-refractivity contribution >= 4 is 17.5 Å². The van der Waals surface area contributed by atoms with E-state index >= 15 is 0 Å². The van der Waals surface area contributed by atoms with Crippen LogP contribution in [0.15, 0.2) is 28.8 Å². The number of aromatic nitrogens is 2. The fraction of sp³-hybridized carbons (Fsp3) is 0.526. The average Bonchev–Trinajstić information content (AvgIpc) is 3.06. The molecule has 1 aliphatic rings. The summed E-state index contributed by atoms with van der Waals surface area (Å²) in [6, 6.07) is 7.64. The van der Waals surface area contributed by atoms with Crippen LogP contribution in [0, 0.1) is 5.92 Å². The molecule has 1 fully saturated rings. The Hall–Kier alpha value is -1.88. The van der Waals surface area contributed by atoms with Crippen LogP contribution in [0.1, 0.15) is 51.3 Å². The van der Waals surface area contributed by atoms with E-state index in [2.05, 4.69) is 22.4 Å². The number of carbonyl (C=O) groups is 1. The molecular weight excluding hydrogens is 338 g/mol. The minimum atomic E-state index is 0.121. The fourth-order valence-corrected chi connectivity index (χ4v) is 3.41. The van der Waals surface area contributed by atoms with Crippen LogP contribution in [0.3, 0.4) is 0 Å². The van der Waals surface area contributed by atoms with Crippen molar-refractivity contribution in [3.63, 3.8) is 0 Å². The molecule has 1 aliphatic carbocycles. The van der Waals surface area contributed by atoms with E-state index in [0.29, 0.717) is 48.0 Å². The van der Waals surface area contributed by atoms with Crippen LogP contribution < -0.4 is 5.32 Å². The summed E-state index contributed by atoms with van der Waals surface area (Å²) < 4.78 is 5.27. The maximum absolute atomic E-state index is 12.1. The first-order valence-electron chi connectivity index (χ1n) is 8.99. The lowest BCUT2D eigenvalue weighted by molar-refractivity contribution is -0.122. The van der Waals surface area contributed by atoms with Gasteiger partial charge < -0.3 is 9.84 Å². The first kappa shape index (κ1) is 17.9. The molecule has 1 saturated carbocycles.